The molecule has 1 aromatic heterocycles. The number of hydrogen-bond donors (Lipinski definition) is 0. The Bertz CT molecular complexity index is 1220. The summed E-state index contributed by atoms with van der Waals surface area (Å²) in [5, 5.41) is 0. The van der Waals surface area contributed by atoms with Crippen molar-refractivity contribution in [2.45, 2.75) is 12.2 Å². The molecule has 0 unspecified atom stereocenters. The molecule has 0 aliphatic carbocycles. The lowest BCUT2D eigenvalue weighted by atomic mass is 10.0. The largest absolute Gasteiger partial charge is 0.456 e. The van der Waals surface area contributed by atoms with Gasteiger partial charge in [0.15, 0.2) is 5.43 Å². The quantitative estimate of drug-likeness (QED) is 0.384. The van der Waals surface area contributed by atoms with E-state index in [1.54, 1.807) is 0 Å². The predicted molar refractivity (Wildman–Crippen MR) is 119 cm³/mol. The van der Waals surface area contributed by atoms with Crippen molar-refractivity contribution in [3.63, 3.8) is 0 Å². The van der Waals surface area contributed by atoms with Crippen LogP contribution in [0.1, 0.15) is 17.2 Å². The van der Waals surface area contributed by atoms with Crippen molar-refractivity contribution in [2.24, 2.45) is 0 Å². The van der Waals surface area contributed by atoms with Crippen molar-refractivity contribution in [2.75, 3.05) is 0 Å². The zero-order chi connectivity index (χ0) is 20.3. The molecular weight excluding hydrogens is 372 g/mol. The van der Waals surface area contributed by atoms with Crippen LogP contribution in [0.15, 0.2) is 112 Å². The summed E-state index contributed by atoms with van der Waals surface area (Å²) >= 11 is 0. The van der Waals surface area contributed by atoms with Crippen LogP contribution in [0, 0.1) is 0 Å². The molecule has 146 valence electrons. The summed E-state index contributed by atoms with van der Waals surface area (Å²) < 4.78 is 11.8. The molecule has 0 N–H and O–H groups in total. The van der Waals surface area contributed by atoms with Crippen molar-refractivity contribution >= 4 is 6.08 Å². The molecular formula is C27H20O3. The average molecular weight is 392 g/mol. The van der Waals surface area contributed by atoms with Crippen LogP contribution >= 0.6 is 0 Å². The third-order valence-corrected chi connectivity index (χ3v) is 5.15. The zero-order valence-electron chi connectivity index (χ0n) is 16.3. The third-order valence-electron chi connectivity index (χ3n) is 5.15. The molecule has 3 nitrogen and oxygen atoms in total. The van der Waals surface area contributed by atoms with E-state index in [0.29, 0.717) is 11.5 Å². The maximum absolute atomic E-state index is 12.2. The molecule has 0 bridgehead atoms. The first kappa shape index (κ1) is 18.3. The van der Waals surface area contributed by atoms with Crippen molar-refractivity contribution < 1.29 is 9.15 Å². The summed E-state index contributed by atoms with van der Waals surface area (Å²) in [7, 11) is 0. The summed E-state index contributed by atoms with van der Waals surface area (Å²) in [6.07, 6.45) is 4.34. The Labute approximate surface area is 174 Å². The average Bonchev–Trinajstić information content (AvgIpc) is 3.58. The normalized spacial score (nSPS) is 17.9. The summed E-state index contributed by atoms with van der Waals surface area (Å²) in [5.41, 5.74) is 3.95. The molecule has 4 aromatic rings. The molecule has 2 heterocycles. The maximum Gasteiger partial charge on any atom is 0.186 e. The van der Waals surface area contributed by atoms with Gasteiger partial charge in [-0.1, -0.05) is 97.1 Å². The number of hydrogen-bond acceptors (Lipinski definition) is 3. The highest BCUT2D eigenvalue weighted by atomic mass is 16.6. The SMILES string of the molecule is O=c1cc(-c2ccccc2)oc(-c2ccc([C@@H]3O[C@H]3/C=C/c3ccccc3)cc2)c1. The van der Waals surface area contributed by atoms with Crippen molar-refractivity contribution in [1.82, 2.24) is 0 Å². The van der Waals surface area contributed by atoms with E-state index >= 15 is 0 Å². The van der Waals surface area contributed by atoms with Crippen LogP contribution in [0.4, 0.5) is 0 Å². The fourth-order valence-electron chi connectivity index (χ4n) is 3.51. The second-order valence-corrected chi connectivity index (χ2v) is 7.30. The summed E-state index contributed by atoms with van der Waals surface area (Å²) in [5.74, 6) is 1.13. The summed E-state index contributed by atoms with van der Waals surface area (Å²) in [4.78, 5) is 12.2. The molecule has 5 rings (SSSR count). The Morgan fingerprint density at radius 1 is 0.700 bits per heavy atom. The lowest BCUT2D eigenvalue weighted by Gasteiger charge is -2.06. The monoisotopic (exact) mass is 392 g/mol. The van der Waals surface area contributed by atoms with Gasteiger partial charge in [-0.2, -0.15) is 0 Å². The van der Waals surface area contributed by atoms with E-state index in [1.165, 1.54) is 12.1 Å². The topological polar surface area (TPSA) is 42.7 Å². The lowest BCUT2D eigenvalue weighted by Crippen LogP contribution is -1.98. The molecule has 2 atom stereocenters. The Balaban J connectivity index is 1.33. The highest BCUT2D eigenvalue weighted by Crippen LogP contribution is 2.40. The van der Waals surface area contributed by atoms with Gasteiger partial charge in [-0.05, 0) is 11.1 Å². The zero-order valence-corrected chi connectivity index (χ0v) is 16.3. The molecule has 1 aliphatic heterocycles. The third kappa shape index (κ3) is 4.02. The maximum atomic E-state index is 12.2. The summed E-state index contributed by atoms with van der Waals surface area (Å²) in [6, 6.07) is 30.9. The molecule has 3 heteroatoms. The minimum absolute atomic E-state index is 0.0710. The van der Waals surface area contributed by atoms with Gasteiger partial charge in [0.05, 0.1) is 0 Å². The van der Waals surface area contributed by atoms with E-state index in [9.17, 15) is 4.79 Å². The van der Waals surface area contributed by atoms with Crippen molar-refractivity contribution in [3.05, 3.63) is 124 Å². The minimum atomic E-state index is -0.0733. The van der Waals surface area contributed by atoms with Gasteiger partial charge < -0.3 is 9.15 Å². The number of benzene rings is 3. The van der Waals surface area contributed by atoms with E-state index in [0.717, 1.165) is 22.3 Å². The van der Waals surface area contributed by atoms with Crippen LogP contribution in [0.3, 0.4) is 0 Å². The molecule has 1 saturated heterocycles. The molecule has 0 amide bonds. The smallest absolute Gasteiger partial charge is 0.186 e. The van der Waals surface area contributed by atoms with Crippen LogP contribution in [0.25, 0.3) is 28.7 Å². The fourth-order valence-corrected chi connectivity index (χ4v) is 3.51. The second-order valence-electron chi connectivity index (χ2n) is 7.30. The van der Waals surface area contributed by atoms with E-state index in [-0.39, 0.29) is 17.6 Å². The Hall–Kier alpha value is -3.69. The predicted octanol–water partition coefficient (Wildman–Crippen LogP) is 6.13. The molecule has 1 aliphatic rings. The minimum Gasteiger partial charge on any atom is -0.456 e. The van der Waals surface area contributed by atoms with E-state index in [1.807, 2.05) is 72.8 Å². The molecule has 3 aromatic carbocycles. The van der Waals surface area contributed by atoms with Crippen LogP contribution in [0.5, 0.6) is 0 Å². The lowest BCUT2D eigenvalue weighted by molar-refractivity contribution is 0.394. The van der Waals surface area contributed by atoms with Gasteiger partial charge >= 0.3 is 0 Å². The summed E-state index contributed by atoms with van der Waals surface area (Å²) in [6.45, 7) is 0. The highest BCUT2D eigenvalue weighted by Gasteiger charge is 2.37. The Morgan fingerprint density at radius 3 is 1.97 bits per heavy atom. The molecule has 0 saturated carbocycles. The molecule has 30 heavy (non-hydrogen) atoms. The van der Waals surface area contributed by atoms with Gasteiger partial charge in [0.1, 0.15) is 23.7 Å². The van der Waals surface area contributed by atoms with E-state index < -0.39 is 0 Å². The molecule has 1 fully saturated rings. The molecule has 0 spiro atoms. The van der Waals surface area contributed by atoms with Gasteiger partial charge in [-0.15, -0.1) is 0 Å². The van der Waals surface area contributed by atoms with Gasteiger partial charge in [0.2, 0.25) is 0 Å². The van der Waals surface area contributed by atoms with E-state index in [2.05, 4.69) is 24.3 Å². The van der Waals surface area contributed by atoms with Crippen molar-refractivity contribution in [1.29, 1.82) is 0 Å². The number of epoxide rings is 1. The fraction of sp³-hybridized carbons (Fsp3) is 0.0741. The van der Waals surface area contributed by atoms with E-state index in [4.69, 9.17) is 9.15 Å². The van der Waals surface area contributed by atoms with Crippen LogP contribution in [-0.2, 0) is 4.74 Å². The Morgan fingerprint density at radius 2 is 1.30 bits per heavy atom. The first-order valence-electron chi connectivity index (χ1n) is 9.96. The van der Waals surface area contributed by atoms with Crippen LogP contribution < -0.4 is 5.43 Å². The van der Waals surface area contributed by atoms with Gasteiger partial charge in [0.25, 0.3) is 0 Å². The van der Waals surface area contributed by atoms with Crippen LogP contribution in [-0.4, -0.2) is 6.10 Å². The molecule has 0 radical (unpaired) electrons. The standard InChI is InChI=1S/C27H20O3/c28-23-17-25(20-9-5-2-6-10-20)29-26(18-23)21-12-14-22(15-13-21)27-24(30-27)16-11-19-7-3-1-4-8-19/h1-18,24,27H/b16-11+/t24-,27-/m0/s1. The van der Waals surface area contributed by atoms with Crippen LogP contribution in [0.2, 0.25) is 0 Å². The number of rotatable bonds is 5. The van der Waals surface area contributed by atoms with Crippen molar-refractivity contribution in [3.8, 4) is 22.6 Å². The van der Waals surface area contributed by atoms with Gasteiger partial charge in [0, 0.05) is 23.3 Å². The van der Waals surface area contributed by atoms with Gasteiger partial charge in [-0.3, -0.25) is 4.79 Å². The number of ether oxygens (including phenoxy) is 1. The Kier molecular flexibility index (Phi) is 4.88. The first-order chi connectivity index (χ1) is 14.8. The highest BCUT2D eigenvalue weighted by molar-refractivity contribution is 5.63. The second kappa shape index (κ2) is 7.97. The van der Waals surface area contributed by atoms with Gasteiger partial charge in [-0.25, -0.2) is 0 Å². The first-order valence-corrected chi connectivity index (χ1v) is 9.96.